The number of benzene rings is 2. The smallest absolute Gasteiger partial charge is 0.248 e. The first-order valence-corrected chi connectivity index (χ1v) is 6.56. The van der Waals surface area contributed by atoms with Gasteiger partial charge in [-0.1, -0.05) is 30.3 Å². The van der Waals surface area contributed by atoms with Crippen molar-refractivity contribution in [2.75, 3.05) is 0 Å². The van der Waals surface area contributed by atoms with Crippen LogP contribution in [0.1, 0.15) is 17.3 Å². The topological polar surface area (TPSA) is 60.9 Å². The molecular formula is C16H15N3O. The van der Waals surface area contributed by atoms with E-state index in [9.17, 15) is 4.79 Å². The predicted molar refractivity (Wildman–Crippen MR) is 79.4 cm³/mol. The quantitative estimate of drug-likeness (QED) is 0.791. The molecule has 20 heavy (non-hydrogen) atoms. The van der Waals surface area contributed by atoms with Crippen LogP contribution in [0.5, 0.6) is 0 Å². The molecule has 0 fully saturated rings. The van der Waals surface area contributed by atoms with Gasteiger partial charge in [-0.05, 0) is 25.1 Å². The van der Waals surface area contributed by atoms with Crippen molar-refractivity contribution in [3.8, 4) is 11.4 Å². The lowest BCUT2D eigenvalue weighted by Crippen LogP contribution is -2.10. The Hall–Kier alpha value is -2.62. The van der Waals surface area contributed by atoms with Crippen molar-refractivity contribution in [1.82, 2.24) is 9.55 Å². The van der Waals surface area contributed by atoms with E-state index in [-0.39, 0.29) is 0 Å². The summed E-state index contributed by atoms with van der Waals surface area (Å²) in [6.07, 6.45) is 0. The van der Waals surface area contributed by atoms with Gasteiger partial charge in [0.1, 0.15) is 5.82 Å². The molecule has 0 aliphatic heterocycles. The van der Waals surface area contributed by atoms with Crippen molar-refractivity contribution in [2.24, 2.45) is 5.73 Å². The van der Waals surface area contributed by atoms with E-state index in [2.05, 4.69) is 16.5 Å². The van der Waals surface area contributed by atoms with Gasteiger partial charge in [0.05, 0.1) is 11.0 Å². The number of rotatable bonds is 3. The molecule has 0 unspecified atom stereocenters. The summed E-state index contributed by atoms with van der Waals surface area (Å²) in [5.41, 5.74) is 8.67. The lowest BCUT2D eigenvalue weighted by atomic mass is 10.2. The van der Waals surface area contributed by atoms with Gasteiger partial charge in [0, 0.05) is 17.7 Å². The molecule has 2 aromatic carbocycles. The first-order valence-electron chi connectivity index (χ1n) is 6.56. The summed E-state index contributed by atoms with van der Waals surface area (Å²) in [7, 11) is 0. The highest BCUT2D eigenvalue weighted by Crippen LogP contribution is 2.25. The van der Waals surface area contributed by atoms with Gasteiger partial charge in [-0.3, -0.25) is 4.79 Å². The zero-order valence-electron chi connectivity index (χ0n) is 11.2. The number of imidazole rings is 1. The minimum Gasteiger partial charge on any atom is -0.366 e. The molecule has 1 amide bonds. The van der Waals surface area contributed by atoms with Gasteiger partial charge in [-0.25, -0.2) is 4.98 Å². The van der Waals surface area contributed by atoms with E-state index in [0.717, 1.165) is 29.0 Å². The van der Waals surface area contributed by atoms with E-state index in [1.807, 2.05) is 36.4 Å². The van der Waals surface area contributed by atoms with Gasteiger partial charge in [0.25, 0.3) is 0 Å². The minimum atomic E-state index is -0.431. The molecule has 1 aromatic heterocycles. The van der Waals surface area contributed by atoms with Crippen LogP contribution in [0.2, 0.25) is 0 Å². The summed E-state index contributed by atoms with van der Waals surface area (Å²) in [6.45, 7) is 2.90. The number of aryl methyl sites for hydroxylation is 1. The second kappa shape index (κ2) is 4.81. The van der Waals surface area contributed by atoms with Gasteiger partial charge in [-0.15, -0.1) is 0 Å². The second-order valence-electron chi connectivity index (χ2n) is 4.61. The third-order valence-corrected chi connectivity index (χ3v) is 3.38. The van der Waals surface area contributed by atoms with E-state index in [4.69, 9.17) is 5.73 Å². The molecule has 4 nitrogen and oxygen atoms in total. The lowest BCUT2D eigenvalue weighted by Gasteiger charge is -2.05. The molecular weight excluding hydrogens is 250 g/mol. The van der Waals surface area contributed by atoms with Crippen LogP contribution in [0, 0.1) is 0 Å². The van der Waals surface area contributed by atoms with Crippen molar-refractivity contribution >= 4 is 16.9 Å². The van der Waals surface area contributed by atoms with Crippen molar-refractivity contribution in [1.29, 1.82) is 0 Å². The molecule has 3 aromatic rings. The summed E-state index contributed by atoms with van der Waals surface area (Å²) >= 11 is 0. The molecule has 1 heterocycles. The highest BCUT2D eigenvalue weighted by Gasteiger charge is 2.12. The predicted octanol–water partition coefficient (Wildman–Crippen LogP) is 2.82. The molecule has 4 heteroatoms. The molecule has 0 saturated heterocycles. The fraction of sp³-hybridized carbons (Fsp3) is 0.125. The van der Waals surface area contributed by atoms with Crippen molar-refractivity contribution in [3.63, 3.8) is 0 Å². The summed E-state index contributed by atoms with van der Waals surface area (Å²) in [6, 6.07) is 15.4. The molecule has 0 aliphatic rings. The van der Waals surface area contributed by atoms with Crippen LogP contribution >= 0.6 is 0 Å². The highest BCUT2D eigenvalue weighted by molar-refractivity contribution is 5.96. The maximum absolute atomic E-state index is 11.3. The number of carbonyl (C=O) groups is 1. The maximum Gasteiger partial charge on any atom is 0.248 e. The third kappa shape index (κ3) is 1.95. The standard InChI is InChI=1S/C16H15N3O/c1-2-19-14-9-8-12(15(17)20)10-13(14)18-16(19)11-6-4-3-5-7-11/h3-10H,2H2,1H3,(H2,17,20). The third-order valence-electron chi connectivity index (χ3n) is 3.38. The Bertz CT molecular complexity index is 775. The lowest BCUT2D eigenvalue weighted by molar-refractivity contribution is 0.100. The van der Waals surface area contributed by atoms with Gasteiger partial charge in [-0.2, -0.15) is 0 Å². The Morgan fingerprint density at radius 1 is 1.20 bits per heavy atom. The Morgan fingerprint density at radius 3 is 2.60 bits per heavy atom. The zero-order valence-corrected chi connectivity index (χ0v) is 11.2. The van der Waals surface area contributed by atoms with E-state index in [1.54, 1.807) is 12.1 Å². The van der Waals surface area contributed by atoms with Gasteiger partial charge >= 0.3 is 0 Å². The second-order valence-corrected chi connectivity index (χ2v) is 4.61. The van der Waals surface area contributed by atoms with Gasteiger partial charge < -0.3 is 10.3 Å². The van der Waals surface area contributed by atoms with Crippen LogP contribution in [0.25, 0.3) is 22.4 Å². The van der Waals surface area contributed by atoms with Crippen LogP contribution < -0.4 is 5.73 Å². The van der Waals surface area contributed by atoms with Crippen molar-refractivity contribution in [3.05, 3.63) is 54.1 Å². The number of fused-ring (bicyclic) bond motifs is 1. The normalized spacial score (nSPS) is 10.8. The summed E-state index contributed by atoms with van der Waals surface area (Å²) in [5, 5.41) is 0. The Labute approximate surface area is 116 Å². The molecule has 0 saturated carbocycles. The number of hydrogen-bond acceptors (Lipinski definition) is 2. The molecule has 0 spiro atoms. The monoisotopic (exact) mass is 265 g/mol. The van der Waals surface area contributed by atoms with Crippen LogP contribution in [-0.4, -0.2) is 15.5 Å². The molecule has 3 rings (SSSR count). The maximum atomic E-state index is 11.3. The molecule has 100 valence electrons. The van der Waals surface area contributed by atoms with E-state index in [0.29, 0.717) is 5.56 Å². The van der Waals surface area contributed by atoms with E-state index in [1.165, 1.54) is 0 Å². The molecule has 2 N–H and O–H groups in total. The number of hydrogen-bond donors (Lipinski definition) is 1. The summed E-state index contributed by atoms with van der Waals surface area (Å²) < 4.78 is 2.13. The Morgan fingerprint density at radius 2 is 1.95 bits per heavy atom. The molecule has 0 radical (unpaired) electrons. The number of aromatic nitrogens is 2. The summed E-state index contributed by atoms with van der Waals surface area (Å²) in [5.74, 6) is 0.476. The highest BCUT2D eigenvalue weighted by atomic mass is 16.1. The average Bonchev–Trinajstić information content (AvgIpc) is 2.85. The molecule has 0 atom stereocenters. The van der Waals surface area contributed by atoms with Crippen LogP contribution in [0.3, 0.4) is 0 Å². The molecule has 0 bridgehead atoms. The van der Waals surface area contributed by atoms with Crippen LogP contribution in [0.15, 0.2) is 48.5 Å². The Kier molecular flexibility index (Phi) is 2.99. The first-order chi connectivity index (χ1) is 9.70. The van der Waals surface area contributed by atoms with Crippen LogP contribution in [0.4, 0.5) is 0 Å². The summed E-state index contributed by atoms with van der Waals surface area (Å²) in [4.78, 5) is 15.9. The zero-order chi connectivity index (χ0) is 14.1. The number of carbonyl (C=O) groups excluding carboxylic acids is 1. The Balaban J connectivity index is 2.25. The first kappa shape index (κ1) is 12.4. The SMILES string of the molecule is CCn1c(-c2ccccc2)nc2cc(C(N)=O)ccc21. The number of nitrogens with zero attached hydrogens (tertiary/aromatic N) is 2. The van der Waals surface area contributed by atoms with Crippen LogP contribution in [-0.2, 0) is 6.54 Å². The number of amides is 1. The average molecular weight is 265 g/mol. The minimum absolute atomic E-state index is 0.431. The van der Waals surface area contributed by atoms with Crippen molar-refractivity contribution < 1.29 is 4.79 Å². The number of nitrogens with two attached hydrogens (primary N) is 1. The fourth-order valence-corrected chi connectivity index (χ4v) is 2.41. The molecule has 0 aliphatic carbocycles. The largest absolute Gasteiger partial charge is 0.366 e. The fourth-order valence-electron chi connectivity index (χ4n) is 2.41. The van der Waals surface area contributed by atoms with E-state index >= 15 is 0 Å². The van der Waals surface area contributed by atoms with Crippen molar-refractivity contribution in [2.45, 2.75) is 13.5 Å². The van der Waals surface area contributed by atoms with Gasteiger partial charge in [0.2, 0.25) is 5.91 Å². The van der Waals surface area contributed by atoms with Gasteiger partial charge in [0.15, 0.2) is 0 Å². The van der Waals surface area contributed by atoms with E-state index < -0.39 is 5.91 Å². The number of primary amides is 1.